The molecule has 3 nitrogen and oxygen atoms in total. The van der Waals surface area contributed by atoms with Crippen molar-refractivity contribution < 1.29 is 4.79 Å². The van der Waals surface area contributed by atoms with E-state index in [0.717, 1.165) is 37.7 Å². The molecule has 1 aromatic carbocycles. The molecular formula is C18H26N2O. The summed E-state index contributed by atoms with van der Waals surface area (Å²) in [5.41, 5.74) is 3.83. The van der Waals surface area contributed by atoms with Gasteiger partial charge in [-0.25, -0.2) is 0 Å². The van der Waals surface area contributed by atoms with Crippen LogP contribution in [0.3, 0.4) is 0 Å². The molecule has 1 saturated heterocycles. The third-order valence-corrected chi connectivity index (χ3v) is 4.78. The maximum Gasteiger partial charge on any atom is 0.225 e. The molecule has 1 fully saturated rings. The lowest BCUT2D eigenvalue weighted by atomic mass is 10.0. The van der Waals surface area contributed by atoms with Crippen molar-refractivity contribution in [1.29, 1.82) is 0 Å². The Morgan fingerprint density at radius 3 is 3.00 bits per heavy atom. The lowest BCUT2D eigenvalue weighted by Gasteiger charge is -2.30. The summed E-state index contributed by atoms with van der Waals surface area (Å²) in [6, 6.07) is 6.37. The number of carbonyl (C=O) groups excluding carboxylic acids is 1. The number of benzene rings is 1. The maximum absolute atomic E-state index is 12.1. The molecule has 0 aromatic heterocycles. The molecule has 0 bridgehead atoms. The average Bonchev–Trinajstić information content (AvgIpc) is 2.93. The molecule has 1 aromatic rings. The van der Waals surface area contributed by atoms with Crippen LogP contribution in [0.1, 0.15) is 43.7 Å². The van der Waals surface area contributed by atoms with Crippen molar-refractivity contribution in [3.63, 3.8) is 0 Å². The number of likely N-dealkylation sites (tertiary alicyclic amines) is 1. The highest BCUT2D eigenvalue weighted by Crippen LogP contribution is 2.25. The number of nitrogens with zero attached hydrogens (tertiary/aromatic N) is 1. The van der Waals surface area contributed by atoms with Gasteiger partial charge >= 0.3 is 0 Å². The van der Waals surface area contributed by atoms with Crippen molar-refractivity contribution in [2.24, 2.45) is 5.92 Å². The standard InChI is InChI=1S/C18H26N2O/c1-14-4-3-10-20(13-14)11-9-18(21)19-17-8-7-15-5-2-6-16(15)12-17/h7-8,12,14H,2-6,9-11,13H2,1H3,(H,19,21)/t14-/m1/s1. The number of anilines is 1. The van der Waals surface area contributed by atoms with Crippen LogP contribution in [0.15, 0.2) is 18.2 Å². The first-order valence-corrected chi connectivity index (χ1v) is 8.35. The van der Waals surface area contributed by atoms with E-state index in [2.05, 4.69) is 29.3 Å². The van der Waals surface area contributed by atoms with E-state index in [1.54, 1.807) is 0 Å². The van der Waals surface area contributed by atoms with E-state index in [4.69, 9.17) is 0 Å². The number of nitrogens with one attached hydrogen (secondary N) is 1. The van der Waals surface area contributed by atoms with Gasteiger partial charge < -0.3 is 10.2 Å². The first-order valence-electron chi connectivity index (χ1n) is 8.35. The SMILES string of the molecule is C[C@@H]1CCCN(CCC(=O)Nc2ccc3c(c2)CCC3)C1. The molecule has 3 rings (SSSR count). The van der Waals surface area contributed by atoms with Crippen LogP contribution in [-0.4, -0.2) is 30.4 Å². The minimum Gasteiger partial charge on any atom is -0.326 e. The van der Waals surface area contributed by atoms with E-state index in [0.29, 0.717) is 6.42 Å². The zero-order chi connectivity index (χ0) is 14.7. The second kappa shape index (κ2) is 6.61. The summed E-state index contributed by atoms with van der Waals surface area (Å²) < 4.78 is 0. The van der Waals surface area contributed by atoms with Crippen LogP contribution in [0.25, 0.3) is 0 Å². The zero-order valence-electron chi connectivity index (χ0n) is 13.0. The highest BCUT2D eigenvalue weighted by atomic mass is 16.1. The van der Waals surface area contributed by atoms with Gasteiger partial charge in [-0.15, -0.1) is 0 Å². The number of fused-ring (bicyclic) bond motifs is 1. The molecule has 1 atom stereocenters. The monoisotopic (exact) mass is 286 g/mol. The average molecular weight is 286 g/mol. The lowest BCUT2D eigenvalue weighted by molar-refractivity contribution is -0.116. The number of carbonyl (C=O) groups is 1. The summed E-state index contributed by atoms with van der Waals surface area (Å²) in [4.78, 5) is 14.5. The molecule has 2 aliphatic rings. The van der Waals surface area contributed by atoms with Crippen LogP contribution >= 0.6 is 0 Å². The number of aryl methyl sites for hydroxylation is 2. The fraction of sp³-hybridized carbons (Fsp3) is 0.611. The van der Waals surface area contributed by atoms with E-state index < -0.39 is 0 Å². The zero-order valence-corrected chi connectivity index (χ0v) is 13.0. The van der Waals surface area contributed by atoms with Crippen LogP contribution in [0.5, 0.6) is 0 Å². The Kier molecular flexibility index (Phi) is 4.59. The molecule has 21 heavy (non-hydrogen) atoms. The summed E-state index contributed by atoms with van der Waals surface area (Å²) in [5, 5.41) is 3.06. The Balaban J connectivity index is 1.48. The van der Waals surface area contributed by atoms with Gasteiger partial charge in [-0.3, -0.25) is 4.79 Å². The molecule has 1 N–H and O–H groups in total. The third kappa shape index (κ3) is 3.85. The highest BCUT2D eigenvalue weighted by Gasteiger charge is 2.17. The van der Waals surface area contributed by atoms with Gasteiger partial charge in [-0.2, -0.15) is 0 Å². The van der Waals surface area contributed by atoms with Crippen molar-refractivity contribution in [2.75, 3.05) is 25.0 Å². The molecule has 0 radical (unpaired) electrons. The fourth-order valence-electron chi connectivity index (χ4n) is 3.62. The highest BCUT2D eigenvalue weighted by molar-refractivity contribution is 5.91. The predicted octanol–water partition coefficient (Wildman–Crippen LogP) is 3.24. The van der Waals surface area contributed by atoms with E-state index >= 15 is 0 Å². The minimum atomic E-state index is 0.145. The van der Waals surface area contributed by atoms with Crippen LogP contribution in [0.4, 0.5) is 5.69 Å². The second-order valence-corrected chi connectivity index (χ2v) is 6.68. The molecule has 1 heterocycles. The lowest BCUT2D eigenvalue weighted by Crippen LogP contribution is -2.36. The summed E-state index contributed by atoms with van der Waals surface area (Å²) in [6.07, 6.45) is 6.80. The number of hydrogen-bond donors (Lipinski definition) is 1. The van der Waals surface area contributed by atoms with Crippen molar-refractivity contribution in [3.05, 3.63) is 29.3 Å². The third-order valence-electron chi connectivity index (χ3n) is 4.78. The van der Waals surface area contributed by atoms with Crippen LogP contribution < -0.4 is 5.32 Å². The first-order chi connectivity index (χ1) is 10.2. The molecule has 1 amide bonds. The number of piperidine rings is 1. The van der Waals surface area contributed by atoms with Gasteiger partial charge in [0, 0.05) is 25.2 Å². The van der Waals surface area contributed by atoms with Gasteiger partial charge in [-0.1, -0.05) is 13.0 Å². The topological polar surface area (TPSA) is 32.3 Å². The van der Waals surface area contributed by atoms with Crippen molar-refractivity contribution in [1.82, 2.24) is 4.90 Å². The molecular weight excluding hydrogens is 260 g/mol. The van der Waals surface area contributed by atoms with Crippen LogP contribution in [0, 0.1) is 5.92 Å². The van der Waals surface area contributed by atoms with E-state index in [-0.39, 0.29) is 5.91 Å². The summed E-state index contributed by atoms with van der Waals surface area (Å²) in [6.45, 7) is 5.49. The first kappa shape index (κ1) is 14.6. The van der Waals surface area contributed by atoms with E-state index in [1.807, 2.05) is 6.07 Å². The van der Waals surface area contributed by atoms with Gasteiger partial charge in [0.15, 0.2) is 0 Å². The maximum atomic E-state index is 12.1. The Morgan fingerprint density at radius 2 is 2.14 bits per heavy atom. The molecule has 0 saturated carbocycles. The summed E-state index contributed by atoms with van der Waals surface area (Å²) in [7, 11) is 0. The normalized spacial score (nSPS) is 22.0. The predicted molar refractivity (Wildman–Crippen MR) is 86.6 cm³/mol. The van der Waals surface area contributed by atoms with Gasteiger partial charge in [0.1, 0.15) is 0 Å². The molecule has 0 unspecified atom stereocenters. The van der Waals surface area contributed by atoms with E-state index in [1.165, 1.54) is 36.8 Å². The van der Waals surface area contributed by atoms with Gasteiger partial charge in [0.25, 0.3) is 0 Å². The molecule has 1 aliphatic carbocycles. The van der Waals surface area contributed by atoms with Crippen LogP contribution in [0.2, 0.25) is 0 Å². The summed E-state index contributed by atoms with van der Waals surface area (Å²) in [5.74, 6) is 0.921. The number of hydrogen-bond acceptors (Lipinski definition) is 2. The van der Waals surface area contributed by atoms with E-state index in [9.17, 15) is 4.79 Å². The second-order valence-electron chi connectivity index (χ2n) is 6.68. The molecule has 0 spiro atoms. The quantitative estimate of drug-likeness (QED) is 0.921. The van der Waals surface area contributed by atoms with Gasteiger partial charge in [0.05, 0.1) is 0 Å². The van der Waals surface area contributed by atoms with Crippen molar-refractivity contribution >= 4 is 11.6 Å². The number of amides is 1. The largest absolute Gasteiger partial charge is 0.326 e. The fourth-order valence-corrected chi connectivity index (χ4v) is 3.62. The molecule has 3 heteroatoms. The number of rotatable bonds is 4. The smallest absolute Gasteiger partial charge is 0.225 e. The molecule has 1 aliphatic heterocycles. The van der Waals surface area contributed by atoms with Crippen molar-refractivity contribution in [2.45, 2.75) is 45.4 Å². The molecule has 114 valence electrons. The van der Waals surface area contributed by atoms with Gasteiger partial charge in [-0.05, 0) is 67.8 Å². The Bertz CT molecular complexity index is 512. The van der Waals surface area contributed by atoms with Crippen molar-refractivity contribution in [3.8, 4) is 0 Å². The summed E-state index contributed by atoms with van der Waals surface area (Å²) >= 11 is 0. The minimum absolute atomic E-state index is 0.145. The Labute approximate surface area is 127 Å². The Morgan fingerprint density at radius 1 is 1.29 bits per heavy atom. The Hall–Kier alpha value is -1.35. The van der Waals surface area contributed by atoms with Gasteiger partial charge in [0.2, 0.25) is 5.91 Å². The van der Waals surface area contributed by atoms with Crippen LogP contribution in [-0.2, 0) is 17.6 Å².